The molecule has 1 atom stereocenters. The van der Waals surface area contributed by atoms with Crippen molar-refractivity contribution in [2.45, 2.75) is 69.4 Å². The van der Waals surface area contributed by atoms with Crippen LogP contribution in [0.4, 0.5) is 5.69 Å². The third kappa shape index (κ3) is 6.61. The normalized spacial score (nSPS) is 18.3. The van der Waals surface area contributed by atoms with Gasteiger partial charge in [0.15, 0.2) is 0 Å². The zero-order chi connectivity index (χ0) is 35.0. The molecule has 1 unspecified atom stereocenters. The molecule has 0 spiro atoms. The Bertz CT molecular complexity index is 1870. The van der Waals surface area contributed by atoms with Crippen molar-refractivity contribution in [3.63, 3.8) is 0 Å². The van der Waals surface area contributed by atoms with Gasteiger partial charge in [0.05, 0.1) is 19.4 Å². The number of halogens is 1. The highest BCUT2D eigenvalue weighted by molar-refractivity contribution is 7.93. The third-order valence-electron chi connectivity index (χ3n) is 8.52. The van der Waals surface area contributed by atoms with Crippen LogP contribution in [0.15, 0.2) is 59.5 Å². The molecule has 256 valence electrons. The molecule has 5 rings (SSSR count). The number of carbonyl (C=O) groups excluding carboxylic acids is 3. The molecule has 0 aliphatic carbocycles. The fourth-order valence-corrected chi connectivity index (χ4v) is 8.05. The predicted octanol–water partition coefficient (Wildman–Crippen LogP) is 4.80. The molecule has 1 saturated heterocycles. The van der Waals surface area contributed by atoms with E-state index in [1.807, 2.05) is 27.7 Å². The molecule has 48 heavy (non-hydrogen) atoms. The van der Waals surface area contributed by atoms with Gasteiger partial charge in [0, 0.05) is 33.3 Å². The van der Waals surface area contributed by atoms with Crippen LogP contribution in [0.5, 0.6) is 11.5 Å². The second-order valence-electron chi connectivity index (χ2n) is 13.1. The van der Waals surface area contributed by atoms with Crippen LogP contribution in [0.25, 0.3) is 0 Å². The molecule has 13 heteroatoms. The first-order chi connectivity index (χ1) is 22.6. The van der Waals surface area contributed by atoms with Crippen molar-refractivity contribution >= 4 is 45.0 Å². The van der Waals surface area contributed by atoms with Crippen LogP contribution in [-0.2, 0) is 20.2 Å². The number of hydrogen-bond acceptors (Lipinski definition) is 8. The Morgan fingerprint density at radius 2 is 1.67 bits per heavy atom. The molecular weight excluding hydrogens is 656 g/mol. The van der Waals surface area contributed by atoms with Crippen molar-refractivity contribution in [1.82, 2.24) is 16.0 Å². The summed E-state index contributed by atoms with van der Waals surface area (Å²) in [6, 6.07) is 13.4. The van der Waals surface area contributed by atoms with Crippen molar-refractivity contribution in [1.29, 1.82) is 0 Å². The highest BCUT2D eigenvalue weighted by Crippen LogP contribution is 2.51. The number of fused-ring (bicyclic) bond motifs is 1. The average Bonchev–Trinajstić information content (AvgIpc) is 3.27. The zero-order valence-electron chi connectivity index (χ0n) is 27.9. The Morgan fingerprint density at radius 3 is 2.31 bits per heavy atom. The van der Waals surface area contributed by atoms with Crippen molar-refractivity contribution in [3.05, 3.63) is 81.9 Å². The maximum absolute atomic E-state index is 14.7. The molecule has 2 heterocycles. The van der Waals surface area contributed by atoms with Gasteiger partial charge in [-0.1, -0.05) is 11.6 Å². The molecule has 0 saturated carbocycles. The summed E-state index contributed by atoms with van der Waals surface area (Å²) in [5.74, 6) is -1.22. The Balaban J connectivity index is 1.61. The first-order valence-electron chi connectivity index (χ1n) is 15.8. The SMILES string of the molecule is CCOc1ccc2c(c1)C(C)(c1cc(C(=O)NC3CCNCC3)ccc1Cl)C(=O)N2S(=O)(=O)c1ccc(C(=O)NC(C)(C)C)cc1OC. The van der Waals surface area contributed by atoms with E-state index in [1.54, 1.807) is 37.3 Å². The number of sulfonamides is 1. The molecule has 3 aromatic rings. The van der Waals surface area contributed by atoms with E-state index in [1.165, 1.54) is 31.4 Å². The highest BCUT2D eigenvalue weighted by atomic mass is 35.5. The number of rotatable bonds is 9. The van der Waals surface area contributed by atoms with Crippen molar-refractivity contribution in [3.8, 4) is 11.5 Å². The first-order valence-corrected chi connectivity index (χ1v) is 17.6. The van der Waals surface area contributed by atoms with Crippen molar-refractivity contribution in [2.75, 3.05) is 31.1 Å². The number of hydrogen-bond donors (Lipinski definition) is 3. The van der Waals surface area contributed by atoms with Gasteiger partial charge in [-0.05, 0) is 121 Å². The van der Waals surface area contributed by atoms with Gasteiger partial charge in [-0.15, -0.1) is 0 Å². The predicted molar refractivity (Wildman–Crippen MR) is 184 cm³/mol. The maximum Gasteiger partial charge on any atom is 0.274 e. The van der Waals surface area contributed by atoms with Gasteiger partial charge < -0.3 is 25.4 Å². The number of nitrogens with zero attached hydrogens (tertiary/aromatic N) is 1. The van der Waals surface area contributed by atoms with Crippen LogP contribution in [0.2, 0.25) is 5.02 Å². The number of benzene rings is 3. The lowest BCUT2D eigenvalue weighted by molar-refractivity contribution is -0.120. The molecular formula is C35H41ClN4O7S. The van der Waals surface area contributed by atoms with E-state index in [9.17, 15) is 22.8 Å². The van der Waals surface area contributed by atoms with Gasteiger partial charge in [-0.2, -0.15) is 0 Å². The van der Waals surface area contributed by atoms with Gasteiger partial charge in [0.2, 0.25) is 0 Å². The molecule has 1 fully saturated rings. The number of nitrogens with one attached hydrogen (secondary N) is 3. The topological polar surface area (TPSA) is 143 Å². The second-order valence-corrected chi connectivity index (χ2v) is 15.2. The van der Waals surface area contributed by atoms with Crippen LogP contribution in [0, 0.1) is 0 Å². The summed E-state index contributed by atoms with van der Waals surface area (Å²) in [6.07, 6.45) is 1.57. The Morgan fingerprint density at radius 1 is 1.00 bits per heavy atom. The van der Waals surface area contributed by atoms with E-state index < -0.39 is 32.8 Å². The number of methoxy groups -OCH3 is 1. The lowest BCUT2D eigenvalue weighted by atomic mass is 9.76. The summed E-state index contributed by atoms with van der Waals surface area (Å²) in [5.41, 5.74) is -0.998. The quantitative estimate of drug-likeness (QED) is 0.290. The lowest BCUT2D eigenvalue weighted by Gasteiger charge is -2.27. The Kier molecular flexibility index (Phi) is 9.83. The number of anilines is 1. The highest BCUT2D eigenvalue weighted by Gasteiger charge is 2.54. The fourth-order valence-electron chi connectivity index (χ4n) is 6.09. The number of piperidine rings is 1. The summed E-state index contributed by atoms with van der Waals surface area (Å²) < 4.78 is 40.9. The molecule has 0 bridgehead atoms. The molecule has 11 nitrogen and oxygen atoms in total. The number of amides is 3. The van der Waals surface area contributed by atoms with Gasteiger partial charge in [-0.3, -0.25) is 14.4 Å². The Labute approximate surface area is 286 Å². The standard InChI is InChI=1S/C35H41ClN4O7S/c1-7-47-24-10-12-28-26(20-24)35(5,25-18-21(8-11-27(25)36)31(41)38-23-14-16-37-17-15-23)33(43)40(28)48(44,45)30-13-9-22(19-29(30)46-6)32(42)39-34(2,3)4/h8-13,18-20,23,37H,7,14-17H2,1-6H3,(H,38,41)(H,39,42). The van der Waals surface area contributed by atoms with E-state index in [2.05, 4.69) is 16.0 Å². The summed E-state index contributed by atoms with van der Waals surface area (Å²) in [5, 5.41) is 9.35. The van der Waals surface area contributed by atoms with E-state index in [0.717, 1.165) is 30.2 Å². The molecule has 0 aromatic heterocycles. The number of carbonyl (C=O) groups is 3. The minimum absolute atomic E-state index is 0.00223. The minimum atomic E-state index is -4.63. The minimum Gasteiger partial charge on any atom is -0.495 e. The van der Waals surface area contributed by atoms with Crippen LogP contribution >= 0.6 is 11.6 Å². The van der Waals surface area contributed by atoms with E-state index in [4.69, 9.17) is 21.1 Å². The van der Waals surface area contributed by atoms with Gasteiger partial charge in [-0.25, -0.2) is 12.7 Å². The summed E-state index contributed by atoms with van der Waals surface area (Å²) in [6.45, 7) is 10.8. The van der Waals surface area contributed by atoms with E-state index in [0.29, 0.717) is 17.9 Å². The summed E-state index contributed by atoms with van der Waals surface area (Å²) in [4.78, 5) is 40.6. The van der Waals surface area contributed by atoms with Crippen LogP contribution in [0.3, 0.4) is 0 Å². The van der Waals surface area contributed by atoms with Crippen LogP contribution in [-0.4, -0.2) is 64.5 Å². The largest absolute Gasteiger partial charge is 0.495 e. The van der Waals surface area contributed by atoms with E-state index in [-0.39, 0.29) is 50.0 Å². The monoisotopic (exact) mass is 696 g/mol. The lowest BCUT2D eigenvalue weighted by Crippen LogP contribution is -2.43. The average molecular weight is 697 g/mol. The maximum atomic E-state index is 14.7. The molecule has 3 aromatic carbocycles. The van der Waals surface area contributed by atoms with Gasteiger partial charge >= 0.3 is 0 Å². The van der Waals surface area contributed by atoms with Gasteiger partial charge in [0.1, 0.15) is 21.8 Å². The van der Waals surface area contributed by atoms with Crippen LogP contribution < -0.4 is 29.7 Å². The van der Waals surface area contributed by atoms with E-state index >= 15 is 0 Å². The van der Waals surface area contributed by atoms with Crippen molar-refractivity contribution in [2.24, 2.45) is 0 Å². The van der Waals surface area contributed by atoms with Crippen molar-refractivity contribution < 1.29 is 32.3 Å². The number of ether oxygens (including phenoxy) is 2. The summed E-state index contributed by atoms with van der Waals surface area (Å²) in [7, 11) is -3.34. The molecule has 2 aliphatic rings. The third-order valence-corrected chi connectivity index (χ3v) is 10.6. The molecule has 0 radical (unpaired) electrons. The van der Waals surface area contributed by atoms with Crippen LogP contribution in [0.1, 0.15) is 79.3 Å². The molecule has 2 aliphatic heterocycles. The smallest absolute Gasteiger partial charge is 0.274 e. The molecule has 3 amide bonds. The fraction of sp³-hybridized carbons (Fsp3) is 0.400. The Hall–Kier alpha value is -4.13. The zero-order valence-corrected chi connectivity index (χ0v) is 29.5. The van der Waals surface area contributed by atoms with Gasteiger partial charge in [0.25, 0.3) is 27.7 Å². The summed E-state index contributed by atoms with van der Waals surface area (Å²) >= 11 is 6.77. The second kappa shape index (κ2) is 13.4. The molecule has 3 N–H and O–H groups in total. The first kappa shape index (κ1) is 35.2.